The van der Waals surface area contributed by atoms with Gasteiger partial charge in [0.25, 0.3) is 0 Å². The second-order valence-corrected chi connectivity index (χ2v) is 7.37. The summed E-state index contributed by atoms with van der Waals surface area (Å²) < 4.78 is 32.6. The van der Waals surface area contributed by atoms with Crippen LogP contribution in [-0.4, -0.2) is 34.7 Å². The average Bonchev–Trinajstić information content (AvgIpc) is 2.46. The molecule has 1 aromatic carbocycles. The van der Waals surface area contributed by atoms with Gasteiger partial charge in [-0.1, -0.05) is 13.0 Å². The van der Waals surface area contributed by atoms with E-state index in [0.717, 1.165) is 17.5 Å². The summed E-state index contributed by atoms with van der Waals surface area (Å²) >= 11 is 0. The largest absolute Gasteiger partial charge is 0.377 e. The second-order valence-electron chi connectivity index (χ2n) is 5.60. The van der Waals surface area contributed by atoms with E-state index in [1.807, 2.05) is 27.0 Å². The van der Waals surface area contributed by atoms with E-state index in [2.05, 4.69) is 17.0 Å². The van der Waals surface area contributed by atoms with Crippen molar-refractivity contribution >= 4 is 10.0 Å². The van der Waals surface area contributed by atoms with Crippen molar-refractivity contribution in [3.63, 3.8) is 0 Å². The third-order valence-corrected chi connectivity index (χ3v) is 4.88. The highest BCUT2D eigenvalue weighted by Gasteiger charge is 2.22. The number of nitrogens with one attached hydrogen (secondary N) is 2. The zero-order valence-electron chi connectivity index (χ0n) is 13.5. The maximum atomic E-state index is 12.4. The van der Waals surface area contributed by atoms with E-state index in [-0.39, 0.29) is 11.4 Å². The van der Waals surface area contributed by atoms with E-state index in [1.165, 1.54) is 0 Å². The van der Waals surface area contributed by atoms with Gasteiger partial charge in [-0.3, -0.25) is 0 Å². The van der Waals surface area contributed by atoms with Crippen molar-refractivity contribution in [2.45, 2.75) is 44.2 Å². The second kappa shape index (κ2) is 7.35. The van der Waals surface area contributed by atoms with Crippen LogP contribution in [0.2, 0.25) is 0 Å². The van der Waals surface area contributed by atoms with Crippen LogP contribution in [0, 0.1) is 0 Å². The van der Waals surface area contributed by atoms with Gasteiger partial charge < -0.3 is 10.1 Å². The number of hydrogen-bond acceptors (Lipinski definition) is 4. The lowest BCUT2D eigenvalue weighted by Gasteiger charge is -2.23. The van der Waals surface area contributed by atoms with Gasteiger partial charge in [-0.25, -0.2) is 13.1 Å². The molecule has 1 aromatic rings. The summed E-state index contributed by atoms with van der Waals surface area (Å²) in [7, 11) is -0.115. The molecule has 21 heavy (non-hydrogen) atoms. The first-order chi connectivity index (χ1) is 9.75. The minimum Gasteiger partial charge on any atom is -0.377 e. The molecule has 0 spiro atoms. The standard InChI is InChI=1S/C15H26N2O3S/c1-6-12-7-8-14(9-13(12)10-16-4)21(18,19)17-11-15(2,3)20-5/h7-9,16-17H,6,10-11H2,1-5H3. The molecular weight excluding hydrogens is 288 g/mol. The van der Waals surface area contributed by atoms with Gasteiger partial charge in [-0.05, 0) is 50.6 Å². The third kappa shape index (κ3) is 5.07. The summed E-state index contributed by atoms with van der Waals surface area (Å²) in [6, 6.07) is 5.26. The van der Waals surface area contributed by atoms with Crippen LogP contribution in [0.5, 0.6) is 0 Å². The molecule has 5 nitrogen and oxygen atoms in total. The van der Waals surface area contributed by atoms with Gasteiger partial charge >= 0.3 is 0 Å². The van der Waals surface area contributed by atoms with Crippen LogP contribution in [0.3, 0.4) is 0 Å². The predicted octanol–water partition coefficient (Wildman–Crippen LogP) is 1.67. The third-order valence-electron chi connectivity index (χ3n) is 3.48. The van der Waals surface area contributed by atoms with Gasteiger partial charge in [0, 0.05) is 20.2 Å². The lowest BCUT2D eigenvalue weighted by molar-refractivity contribution is 0.0276. The van der Waals surface area contributed by atoms with E-state index >= 15 is 0 Å². The lowest BCUT2D eigenvalue weighted by Crippen LogP contribution is -2.39. The molecule has 0 radical (unpaired) electrons. The molecule has 0 atom stereocenters. The highest BCUT2D eigenvalue weighted by Crippen LogP contribution is 2.17. The number of benzene rings is 1. The molecule has 0 aliphatic rings. The maximum Gasteiger partial charge on any atom is 0.240 e. The molecule has 0 aromatic heterocycles. The molecule has 0 heterocycles. The zero-order chi connectivity index (χ0) is 16.1. The Labute approximate surface area is 128 Å². The first-order valence-electron chi connectivity index (χ1n) is 7.07. The number of hydrogen-bond donors (Lipinski definition) is 2. The molecule has 0 aliphatic carbocycles. The van der Waals surface area contributed by atoms with Crippen LogP contribution < -0.4 is 10.0 Å². The summed E-state index contributed by atoms with van der Waals surface area (Å²) in [6.45, 7) is 6.60. The van der Waals surface area contributed by atoms with E-state index < -0.39 is 15.6 Å². The van der Waals surface area contributed by atoms with Crippen LogP contribution in [-0.2, 0) is 27.7 Å². The van der Waals surface area contributed by atoms with Crippen LogP contribution in [0.15, 0.2) is 23.1 Å². The molecule has 0 unspecified atom stereocenters. The highest BCUT2D eigenvalue weighted by molar-refractivity contribution is 7.89. The van der Waals surface area contributed by atoms with Crippen molar-refractivity contribution in [1.29, 1.82) is 0 Å². The van der Waals surface area contributed by atoms with Gasteiger partial charge in [0.2, 0.25) is 10.0 Å². The number of aryl methyl sites for hydroxylation is 1. The molecule has 2 N–H and O–H groups in total. The van der Waals surface area contributed by atoms with E-state index in [0.29, 0.717) is 6.54 Å². The number of ether oxygens (including phenoxy) is 1. The molecule has 0 amide bonds. The Hall–Kier alpha value is -0.950. The van der Waals surface area contributed by atoms with E-state index in [1.54, 1.807) is 19.2 Å². The van der Waals surface area contributed by atoms with Gasteiger partial charge in [-0.15, -0.1) is 0 Å². The van der Waals surface area contributed by atoms with E-state index in [9.17, 15) is 8.42 Å². The Morgan fingerprint density at radius 3 is 2.43 bits per heavy atom. The molecular formula is C15H26N2O3S. The van der Waals surface area contributed by atoms with Crippen molar-refractivity contribution in [3.8, 4) is 0 Å². The Balaban J connectivity index is 3.00. The van der Waals surface area contributed by atoms with Gasteiger partial charge in [0.05, 0.1) is 10.5 Å². The van der Waals surface area contributed by atoms with Crippen molar-refractivity contribution in [1.82, 2.24) is 10.0 Å². The molecule has 0 aliphatic heterocycles. The Bertz CT molecular complexity index is 568. The monoisotopic (exact) mass is 314 g/mol. The molecule has 1 rings (SSSR count). The van der Waals surface area contributed by atoms with Gasteiger partial charge in [0.15, 0.2) is 0 Å². The topological polar surface area (TPSA) is 67.4 Å². The fraction of sp³-hybridized carbons (Fsp3) is 0.600. The first kappa shape index (κ1) is 18.1. The summed E-state index contributed by atoms with van der Waals surface area (Å²) in [5.74, 6) is 0. The summed E-state index contributed by atoms with van der Waals surface area (Å²) in [6.07, 6.45) is 0.876. The summed E-state index contributed by atoms with van der Waals surface area (Å²) in [5.41, 5.74) is 1.62. The van der Waals surface area contributed by atoms with Crippen LogP contribution in [0.4, 0.5) is 0 Å². The van der Waals surface area contributed by atoms with Crippen molar-refractivity contribution in [2.75, 3.05) is 20.7 Å². The lowest BCUT2D eigenvalue weighted by atomic mass is 10.1. The maximum absolute atomic E-state index is 12.4. The van der Waals surface area contributed by atoms with Crippen molar-refractivity contribution < 1.29 is 13.2 Å². The molecule has 0 saturated heterocycles. The van der Waals surface area contributed by atoms with Crippen molar-refractivity contribution in [3.05, 3.63) is 29.3 Å². The van der Waals surface area contributed by atoms with Crippen LogP contribution >= 0.6 is 0 Å². The van der Waals surface area contributed by atoms with E-state index in [4.69, 9.17) is 4.74 Å². The SMILES string of the molecule is CCc1ccc(S(=O)(=O)NCC(C)(C)OC)cc1CNC. The van der Waals surface area contributed by atoms with Gasteiger partial charge in [0.1, 0.15) is 0 Å². The smallest absolute Gasteiger partial charge is 0.240 e. The highest BCUT2D eigenvalue weighted by atomic mass is 32.2. The van der Waals surface area contributed by atoms with Crippen LogP contribution in [0.1, 0.15) is 31.9 Å². The molecule has 6 heteroatoms. The zero-order valence-corrected chi connectivity index (χ0v) is 14.3. The first-order valence-corrected chi connectivity index (χ1v) is 8.55. The fourth-order valence-electron chi connectivity index (χ4n) is 1.89. The van der Waals surface area contributed by atoms with Gasteiger partial charge in [-0.2, -0.15) is 0 Å². The molecule has 0 bridgehead atoms. The normalized spacial score (nSPS) is 12.6. The predicted molar refractivity (Wildman–Crippen MR) is 84.9 cm³/mol. The minimum absolute atomic E-state index is 0.225. The van der Waals surface area contributed by atoms with Crippen molar-refractivity contribution in [2.24, 2.45) is 0 Å². The summed E-state index contributed by atoms with van der Waals surface area (Å²) in [4.78, 5) is 0.289. The molecule has 0 fully saturated rings. The summed E-state index contributed by atoms with van der Waals surface area (Å²) in [5, 5.41) is 3.07. The number of methoxy groups -OCH3 is 1. The number of sulfonamides is 1. The Kier molecular flexibility index (Phi) is 6.34. The Morgan fingerprint density at radius 2 is 1.90 bits per heavy atom. The quantitative estimate of drug-likeness (QED) is 0.766. The molecule has 0 saturated carbocycles. The fourth-order valence-corrected chi connectivity index (χ4v) is 3.14. The average molecular weight is 314 g/mol. The molecule has 120 valence electrons. The van der Waals surface area contributed by atoms with Crippen LogP contribution in [0.25, 0.3) is 0 Å². The minimum atomic E-state index is -3.53. The Morgan fingerprint density at radius 1 is 1.24 bits per heavy atom. The number of rotatable bonds is 8.